The van der Waals surface area contributed by atoms with Crippen molar-refractivity contribution in [3.8, 4) is 0 Å². The molecule has 0 saturated carbocycles. The molecule has 0 aliphatic carbocycles. The van der Waals surface area contributed by atoms with E-state index in [2.05, 4.69) is 4.99 Å². The van der Waals surface area contributed by atoms with Gasteiger partial charge in [-0.15, -0.1) is 0 Å². The van der Waals surface area contributed by atoms with E-state index in [9.17, 15) is 18.7 Å². The number of aromatic carboxylic acids is 1. The van der Waals surface area contributed by atoms with Crippen molar-refractivity contribution in [2.24, 2.45) is 4.99 Å². The predicted octanol–water partition coefficient (Wildman–Crippen LogP) is 3.84. The number of anilines is 1. The summed E-state index contributed by atoms with van der Waals surface area (Å²) in [4.78, 5) is 17.8. The van der Waals surface area contributed by atoms with E-state index in [0.29, 0.717) is 49.7 Å². The lowest BCUT2D eigenvalue weighted by Crippen LogP contribution is -2.36. The van der Waals surface area contributed by atoms with Gasteiger partial charge in [-0.25, -0.2) is 13.6 Å². The highest BCUT2D eigenvalue weighted by Gasteiger charge is 2.26. The third-order valence-corrected chi connectivity index (χ3v) is 4.91. The smallest absolute Gasteiger partial charge is 0.337 e. The number of morpholine rings is 1. The standard InChI is InChI=1S/C20H18F2N2O3/c21-19(22)16-11-13(24-6-8-27-9-7-24)4-5-14(16)17-10-12-2-1-3-15(20(25)26)18(12)23-17/h1-5,11,19H,6-10H2,(H,25,26). The zero-order chi connectivity index (χ0) is 19.0. The van der Waals surface area contributed by atoms with E-state index in [4.69, 9.17) is 4.74 Å². The van der Waals surface area contributed by atoms with Crippen LogP contribution in [-0.4, -0.2) is 43.1 Å². The number of halogens is 2. The molecule has 0 aromatic heterocycles. The fourth-order valence-corrected chi connectivity index (χ4v) is 3.56. The Morgan fingerprint density at radius 2 is 1.96 bits per heavy atom. The Hall–Kier alpha value is -2.80. The van der Waals surface area contributed by atoms with Gasteiger partial charge in [0.25, 0.3) is 6.43 Å². The first kappa shape index (κ1) is 17.6. The van der Waals surface area contributed by atoms with Gasteiger partial charge in [0.15, 0.2) is 0 Å². The minimum atomic E-state index is -2.65. The normalized spacial score (nSPS) is 16.4. The Morgan fingerprint density at radius 3 is 2.67 bits per heavy atom. The number of fused-ring (bicyclic) bond motifs is 1. The SMILES string of the molecule is O=C(O)c1cccc2c1N=C(c1ccc(N3CCOCC3)cc1C(F)F)C2. The second-order valence-corrected chi connectivity index (χ2v) is 6.53. The molecule has 5 nitrogen and oxygen atoms in total. The summed E-state index contributed by atoms with van der Waals surface area (Å²) in [7, 11) is 0. The fourth-order valence-electron chi connectivity index (χ4n) is 3.56. The molecule has 1 N–H and O–H groups in total. The van der Waals surface area contributed by atoms with Crippen molar-refractivity contribution in [3.63, 3.8) is 0 Å². The number of carboxylic acids is 1. The van der Waals surface area contributed by atoms with E-state index in [1.165, 1.54) is 12.1 Å². The minimum absolute atomic E-state index is 0.0811. The van der Waals surface area contributed by atoms with Gasteiger partial charge in [-0.3, -0.25) is 4.99 Å². The summed E-state index contributed by atoms with van der Waals surface area (Å²) >= 11 is 0. The third-order valence-electron chi connectivity index (χ3n) is 4.91. The molecule has 2 aromatic rings. The Morgan fingerprint density at radius 1 is 1.19 bits per heavy atom. The Balaban J connectivity index is 1.72. The van der Waals surface area contributed by atoms with Crippen molar-refractivity contribution in [1.29, 1.82) is 0 Å². The van der Waals surface area contributed by atoms with Crippen LogP contribution < -0.4 is 4.90 Å². The number of nitrogens with zero attached hydrogens (tertiary/aromatic N) is 2. The first-order valence-corrected chi connectivity index (χ1v) is 8.72. The van der Waals surface area contributed by atoms with Crippen LogP contribution >= 0.6 is 0 Å². The van der Waals surface area contributed by atoms with E-state index in [1.54, 1.807) is 18.2 Å². The van der Waals surface area contributed by atoms with Gasteiger partial charge in [-0.2, -0.15) is 0 Å². The maximum Gasteiger partial charge on any atom is 0.337 e. The average molecular weight is 372 g/mol. The lowest BCUT2D eigenvalue weighted by Gasteiger charge is -2.29. The molecule has 1 saturated heterocycles. The quantitative estimate of drug-likeness (QED) is 0.886. The van der Waals surface area contributed by atoms with Gasteiger partial charge in [0.2, 0.25) is 0 Å². The number of para-hydroxylation sites is 1. The highest BCUT2D eigenvalue weighted by molar-refractivity contribution is 6.10. The van der Waals surface area contributed by atoms with Crippen LogP contribution in [0.4, 0.5) is 20.2 Å². The molecule has 27 heavy (non-hydrogen) atoms. The number of alkyl halides is 2. The molecule has 7 heteroatoms. The topological polar surface area (TPSA) is 62.1 Å². The molecule has 0 atom stereocenters. The van der Waals surface area contributed by atoms with Crippen LogP contribution in [0.25, 0.3) is 0 Å². The number of ether oxygens (including phenoxy) is 1. The first-order chi connectivity index (χ1) is 13.0. The van der Waals surface area contributed by atoms with Crippen molar-refractivity contribution in [1.82, 2.24) is 0 Å². The summed E-state index contributed by atoms with van der Waals surface area (Å²) in [6, 6.07) is 9.89. The van der Waals surface area contributed by atoms with Gasteiger partial charge in [-0.1, -0.05) is 18.2 Å². The van der Waals surface area contributed by atoms with Gasteiger partial charge in [-0.05, 0) is 23.8 Å². The van der Waals surface area contributed by atoms with Crippen LogP contribution in [0.15, 0.2) is 41.4 Å². The van der Waals surface area contributed by atoms with Crippen molar-refractivity contribution in [2.75, 3.05) is 31.2 Å². The van der Waals surface area contributed by atoms with Gasteiger partial charge in [0.05, 0.1) is 30.2 Å². The number of aliphatic imine (C=N–C) groups is 1. The van der Waals surface area contributed by atoms with Crippen LogP contribution in [0.1, 0.15) is 33.5 Å². The van der Waals surface area contributed by atoms with Crippen LogP contribution in [0.3, 0.4) is 0 Å². The summed E-state index contributed by atoms with van der Waals surface area (Å²) in [6.45, 7) is 2.48. The molecule has 1 fully saturated rings. The monoisotopic (exact) mass is 372 g/mol. The number of carbonyl (C=O) groups is 1. The predicted molar refractivity (Wildman–Crippen MR) is 97.7 cm³/mol. The Bertz CT molecular complexity index is 921. The molecule has 2 heterocycles. The zero-order valence-electron chi connectivity index (χ0n) is 14.5. The van der Waals surface area contributed by atoms with Crippen molar-refractivity contribution < 1.29 is 23.4 Å². The van der Waals surface area contributed by atoms with Gasteiger partial charge < -0.3 is 14.7 Å². The molecule has 0 amide bonds. The highest BCUT2D eigenvalue weighted by Crippen LogP contribution is 2.36. The molecular weight excluding hydrogens is 354 g/mol. The van der Waals surface area contributed by atoms with E-state index >= 15 is 0 Å². The molecule has 0 unspecified atom stereocenters. The lowest BCUT2D eigenvalue weighted by molar-refractivity contribution is 0.0697. The van der Waals surface area contributed by atoms with E-state index in [-0.39, 0.29) is 11.1 Å². The third kappa shape index (κ3) is 3.30. The summed E-state index contributed by atoms with van der Waals surface area (Å²) in [5, 5.41) is 9.32. The van der Waals surface area contributed by atoms with Crippen LogP contribution in [0, 0.1) is 0 Å². The number of rotatable bonds is 4. The van der Waals surface area contributed by atoms with Gasteiger partial charge in [0, 0.05) is 36.3 Å². The lowest BCUT2D eigenvalue weighted by atomic mass is 9.98. The summed E-state index contributed by atoms with van der Waals surface area (Å²) in [5.74, 6) is -1.08. The summed E-state index contributed by atoms with van der Waals surface area (Å²) < 4.78 is 32.9. The van der Waals surface area contributed by atoms with Crippen molar-refractivity contribution in [3.05, 3.63) is 58.7 Å². The fraction of sp³-hybridized carbons (Fsp3) is 0.300. The first-order valence-electron chi connectivity index (χ1n) is 8.72. The molecule has 0 spiro atoms. The number of hydrogen-bond acceptors (Lipinski definition) is 4. The van der Waals surface area contributed by atoms with Gasteiger partial charge >= 0.3 is 5.97 Å². The molecule has 0 bridgehead atoms. The summed E-state index contributed by atoms with van der Waals surface area (Å²) in [5.41, 5.74) is 2.69. The molecule has 140 valence electrons. The highest BCUT2D eigenvalue weighted by atomic mass is 19.3. The Kier molecular flexibility index (Phi) is 4.61. The van der Waals surface area contributed by atoms with Crippen LogP contribution in [0.5, 0.6) is 0 Å². The minimum Gasteiger partial charge on any atom is -0.478 e. The maximum absolute atomic E-state index is 13.8. The molecule has 2 aromatic carbocycles. The molecule has 4 rings (SSSR count). The zero-order valence-corrected chi connectivity index (χ0v) is 14.5. The van der Waals surface area contributed by atoms with Crippen molar-refractivity contribution >= 4 is 23.1 Å². The van der Waals surface area contributed by atoms with E-state index in [0.717, 1.165) is 11.3 Å². The number of benzene rings is 2. The second kappa shape index (κ2) is 7.08. The van der Waals surface area contributed by atoms with Crippen LogP contribution in [-0.2, 0) is 11.2 Å². The van der Waals surface area contributed by atoms with Gasteiger partial charge in [0.1, 0.15) is 0 Å². The number of hydrogen-bond donors (Lipinski definition) is 1. The number of carboxylic acid groups (broad SMARTS) is 1. The molecular formula is C20H18F2N2O3. The average Bonchev–Trinajstić information content (AvgIpc) is 3.12. The summed E-state index contributed by atoms with van der Waals surface area (Å²) in [6.07, 6.45) is -2.31. The molecule has 2 aliphatic rings. The molecule has 0 radical (unpaired) electrons. The maximum atomic E-state index is 13.8. The van der Waals surface area contributed by atoms with E-state index in [1.807, 2.05) is 11.0 Å². The van der Waals surface area contributed by atoms with Crippen molar-refractivity contribution in [2.45, 2.75) is 12.8 Å². The largest absolute Gasteiger partial charge is 0.478 e. The van der Waals surface area contributed by atoms with E-state index < -0.39 is 12.4 Å². The molecule has 2 aliphatic heterocycles. The Labute approximate surface area is 154 Å². The van der Waals surface area contributed by atoms with Crippen LogP contribution in [0.2, 0.25) is 0 Å². The second-order valence-electron chi connectivity index (χ2n) is 6.53.